The summed E-state index contributed by atoms with van der Waals surface area (Å²) < 4.78 is 10.5. The minimum Gasteiger partial charge on any atom is -0.493 e. The first-order valence-corrected chi connectivity index (χ1v) is 8.60. The van der Waals surface area contributed by atoms with E-state index in [1.54, 1.807) is 30.2 Å². The summed E-state index contributed by atoms with van der Waals surface area (Å²) in [5.74, 6) is 0.215. The van der Waals surface area contributed by atoms with Crippen LogP contribution in [0.3, 0.4) is 0 Å². The zero-order chi connectivity index (χ0) is 19.2. The van der Waals surface area contributed by atoms with Gasteiger partial charge >= 0.3 is 0 Å². The van der Waals surface area contributed by atoms with E-state index in [-0.39, 0.29) is 31.4 Å². The highest BCUT2D eigenvalue weighted by atomic mass is 16.6. The number of methoxy groups -OCH3 is 2. The molecule has 3 rings (SSSR count). The van der Waals surface area contributed by atoms with E-state index >= 15 is 0 Å². The van der Waals surface area contributed by atoms with Crippen LogP contribution in [0.25, 0.3) is 0 Å². The first-order valence-electron chi connectivity index (χ1n) is 8.60. The normalized spacial score (nSPS) is 16.3. The van der Waals surface area contributed by atoms with Crippen molar-refractivity contribution in [3.05, 3.63) is 54.1 Å². The smallest absolute Gasteiger partial charge is 0.248 e. The number of nitrogens with one attached hydrogen (secondary N) is 1. The number of hydrogen-bond acceptors (Lipinski definition) is 5. The topological polar surface area (TPSA) is 77.1 Å². The van der Waals surface area contributed by atoms with E-state index in [0.717, 1.165) is 5.56 Å². The van der Waals surface area contributed by atoms with Crippen LogP contribution in [0.2, 0.25) is 0 Å². The van der Waals surface area contributed by atoms with E-state index in [2.05, 4.69) is 5.48 Å². The van der Waals surface area contributed by atoms with Crippen LogP contribution in [0, 0.1) is 5.92 Å². The molecule has 0 bridgehead atoms. The Balaban J connectivity index is 1.59. The molecule has 1 fully saturated rings. The van der Waals surface area contributed by atoms with Crippen LogP contribution in [0.5, 0.6) is 11.5 Å². The molecule has 0 saturated carbocycles. The third kappa shape index (κ3) is 4.38. The van der Waals surface area contributed by atoms with Gasteiger partial charge in [0.15, 0.2) is 11.5 Å². The fraction of sp³-hybridized carbons (Fsp3) is 0.300. The maximum absolute atomic E-state index is 12.4. The van der Waals surface area contributed by atoms with Crippen molar-refractivity contribution in [2.75, 3.05) is 25.7 Å². The number of hydrogen-bond donors (Lipinski definition) is 1. The second-order valence-corrected chi connectivity index (χ2v) is 6.19. The first kappa shape index (κ1) is 18.7. The Hall–Kier alpha value is -3.06. The maximum Gasteiger partial charge on any atom is 0.248 e. The maximum atomic E-state index is 12.4. The predicted octanol–water partition coefficient (Wildman–Crippen LogP) is 2.30. The van der Waals surface area contributed by atoms with E-state index in [1.165, 1.54) is 7.11 Å². The molecule has 2 amide bonds. The van der Waals surface area contributed by atoms with E-state index in [4.69, 9.17) is 14.3 Å². The molecule has 1 aliphatic rings. The van der Waals surface area contributed by atoms with Gasteiger partial charge in [0.1, 0.15) is 0 Å². The molecular weight excluding hydrogens is 348 g/mol. The van der Waals surface area contributed by atoms with Crippen molar-refractivity contribution in [2.45, 2.75) is 13.0 Å². The van der Waals surface area contributed by atoms with Crippen LogP contribution >= 0.6 is 0 Å². The van der Waals surface area contributed by atoms with E-state index in [0.29, 0.717) is 17.2 Å². The monoisotopic (exact) mass is 370 g/mol. The van der Waals surface area contributed by atoms with Crippen LogP contribution < -0.4 is 19.9 Å². The minimum atomic E-state index is -0.471. The summed E-state index contributed by atoms with van der Waals surface area (Å²) in [4.78, 5) is 31.5. The summed E-state index contributed by atoms with van der Waals surface area (Å²) in [6.07, 6.45) is 0.134. The zero-order valence-corrected chi connectivity index (χ0v) is 15.3. The summed E-state index contributed by atoms with van der Waals surface area (Å²) in [6.45, 7) is 0.557. The van der Waals surface area contributed by atoms with E-state index in [1.807, 2.05) is 30.3 Å². The SMILES string of the molecule is COc1ccc(N2CC(C(=O)NOCc3ccccc3)CC2=O)cc1OC. The molecule has 1 aliphatic heterocycles. The van der Waals surface area contributed by atoms with E-state index < -0.39 is 5.92 Å². The van der Waals surface area contributed by atoms with Crippen LogP contribution in [0.4, 0.5) is 5.69 Å². The summed E-state index contributed by atoms with van der Waals surface area (Å²) in [6, 6.07) is 14.8. The first-order chi connectivity index (χ1) is 13.1. The third-order valence-electron chi connectivity index (χ3n) is 4.43. The Morgan fingerprint density at radius 1 is 1.11 bits per heavy atom. The highest BCUT2D eigenvalue weighted by Crippen LogP contribution is 2.34. The van der Waals surface area contributed by atoms with Gasteiger partial charge in [-0.15, -0.1) is 0 Å². The van der Waals surface area contributed by atoms with Crippen LogP contribution in [-0.4, -0.2) is 32.6 Å². The Morgan fingerprint density at radius 2 is 1.85 bits per heavy atom. The van der Waals surface area contributed by atoms with Gasteiger partial charge in [-0.3, -0.25) is 14.4 Å². The third-order valence-corrected chi connectivity index (χ3v) is 4.43. The average Bonchev–Trinajstić information content (AvgIpc) is 3.10. The molecule has 142 valence electrons. The molecule has 0 aliphatic carbocycles. The Bertz CT molecular complexity index is 809. The molecule has 1 N–H and O–H groups in total. The molecular formula is C20H22N2O5. The molecule has 0 radical (unpaired) electrons. The fourth-order valence-electron chi connectivity index (χ4n) is 2.97. The Labute approximate surface area is 157 Å². The second-order valence-electron chi connectivity index (χ2n) is 6.19. The van der Waals surface area contributed by atoms with Crippen molar-refractivity contribution >= 4 is 17.5 Å². The van der Waals surface area contributed by atoms with Crippen molar-refractivity contribution in [3.8, 4) is 11.5 Å². The lowest BCUT2D eigenvalue weighted by Gasteiger charge is -2.18. The second kappa shape index (κ2) is 8.55. The Kier molecular flexibility index (Phi) is 5.93. The summed E-state index contributed by atoms with van der Waals surface area (Å²) in [7, 11) is 3.09. The summed E-state index contributed by atoms with van der Waals surface area (Å²) in [5.41, 5.74) is 4.06. The number of carbonyl (C=O) groups excluding carboxylic acids is 2. The van der Waals surface area contributed by atoms with Gasteiger partial charge in [-0.25, -0.2) is 5.48 Å². The molecule has 0 aromatic heterocycles. The van der Waals surface area contributed by atoms with Crippen molar-refractivity contribution in [1.82, 2.24) is 5.48 Å². The zero-order valence-electron chi connectivity index (χ0n) is 15.3. The largest absolute Gasteiger partial charge is 0.493 e. The van der Waals surface area contributed by atoms with Gasteiger partial charge in [0.2, 0.25) is 11.8 Å². The molecule has 7 nitrogen and oxygen atoms in total. The molecule has 7 heteroatoms. The number of rotatable bonds is 7. The summed E-state index contributed by atoms with van der Waals surface area (Å²) >= 11 is 0. The van der Waals surface area contributed by atoms with Crippen molar-refractivity contribution in [1.29, 1.82) is 0 Å². The van der Waals surface area contributed by atoms with Gasteiger partial charge in [-0.1, -0.05) is 30.3 Å². The number of anilines is 1. The lowest BCUT2D eigenvalue weighted by molar-refractivity contribution is -0.138. The van der Waals surface area contributed by atoms with Gasteiger partial charge in [0, 0.05) is 24.7 Å². The molecule has 2 aromatic rings. The molecule has 1 saturated heterocycles. The number of nitrogens with zero attached hydrogens (tertiary/aromatic N) is 1. The molecule has 1 heterocycles. The summed E-state index contributed by atoms with van der Waals surface area (Å²) in [5, 5.41) is 0. The lowest BCUT2D eigenvalue weighted by Crippen LogP contribution is -2.33. The highest BCUT2D eigenvalue weighted by molar-refractivity contribution is 6.00. The standard InChI is InChI=1S/C20H22N2O5/c1-25-17-9-8-16(11-18(17)26-2)22-12-15(10-19(22)23)20(24)21-27-13-14-6-4-3-5-7-14/h3-9,11,15H,10,12-13H2,1-2H3,(H,21,24). The molecule has 2 aromatic carbocycles. The van der Waals surface area contributed by atoms with Crippen molar-refractivity contribution < 1.29 is 23.9 Å². The number of benzene rings is 2. The van der Waals surface area contributed by atoms with Gasteiger partial charge in [-0.05, 0) is 17.7 Å². The number of ether oxygens (including phenoxy) is 2. The van der Waals surface area contributed by atoms with Gasteiger partial charge in [-0.2, -0.15) is 0 Å². The van der Waals surface area contributed by atoms with Crippen molar-refractivity contribution in [3.63, 3.8) is 0 Å². The van der Waals surface area contributed by atoms with Gasteiger partial charge < -0.3 is 14.4 Å². The predicted molar refractivity (Wildman–Crippen MR) is 99.4 cm³/mol. The van der Waals surface area contributed by atoms with Crippen LogP contribution in [-0.2, 0) is 21.0 Å². The number of carbonyl (C=O) groups is 2. The minimum absolute atomic E-state index is 0.120. The average molecular weight is 370 g/mol. The lowest BCUT2D eigenvalue weighted by atomic mass is 10.1. The highest BCUT2D eigenvalue weighted by Gasteiger charge is 2.35. The molecule has 1 unspecified atom stereocenters. The van der Waals surface area contributed by atoms with E-state index in [9.17, 15) is 9.59 Å². The van der Waals surface area contributed by atoms with Gasteiger partial charge in [0.25, 0.3) is 0 Å². The quantitative estimate of drug-likeness (QED) is 0.757. The van der Waals surface area contributed by atoms with Crippen LogP contribution in [0.1, 0.15) is 12.0 Å². The van der Waals surface area contributed by atoms with Gasteiger partial charge in [0.05, 0.1) is 26.7 Å². The molecule has 27 heavy (non-hydrogen) atoms. The Morgan fingerprint density at radius 3 is 2.56 bits per heavy atom. The van der Waals surface area contributed by atoms with Crippen molar-refractivity contribution in [2.24, 2.45) is 5.92 Å². The van der Waals surface area contributed by atoms with Crippen LogP contribution in [0.15, 0.2) is 48.5 Å². The molecule has 0 spiro atoms. The fourth-order valence-corrected chi connectivity index (χ4v) is 2.97. The number of amides is 2. The number of hydroxylamine groups is 1. The molecule has 1 atom stereocenters.